The van der Waals surface area contributed by atoms with Crippen LogP contribution in [-0.2, 0) is 0 Å². The molecule has 1 unspecified atom stereocenters. The second-order valence-electron chi connectivity index (χ2n) is 6.44. The van der Waals surface area contributed by atoms with Crippen LogP contribution < -0.4 is 5.73 Å². The summed E-state index contributed by atoms with van der Waals surface area (Å²) in [6.07, 6.45) is 4.27. The minimum Gasteiger partial charge on any atom is -0.468 e. The largest absolute Gasteiger partial charge is 0.468 e. The van der Waals surface area contributed by atoms with Crippen LogP contribution in [0.1, 0.15) is 45.4 Å². The van der Waals surface area contributed by atoms with E-state index >= 15 is 0 Å². The zero-order chi connectivity index (χ0) is 13.2. The molecule has 1 saturated heterocycles. The predicted octanol–water partition coefficient (Wildman–Crippen LogP) is 3.04. The molecular weight excluding hydrogens is 224 g/mol. The van der Waals surface area contributed by atoms with Crippen molar-refractivity contribution in [2.24, 2.45) is 17.1 Å². The molecule has 0 aliphatic carbocycles. The van der Waals surface area contributed by atoms with E-state index in [4.69, 9.17) is 10.2 Å². The fourth-order valence-corrected chi connectivity index (χ4v) is 3.00. The molecule has 0 aromatic carbocycles. The Morgan fingerprint density at radius 3 is 2.50 bits per heavy atom. The molecule has 1 atom stereocenters. The lowest BCUT2D eigenvalue weighted by atomic mass is 9.75. The first-order valence-electron chi connectivity index (χ1n) is 7.00. The Labute approximate surface area is 110 Å². The monoisotopic (exact) mass is 250 g/mol. The third kappa shape index (κ3) is 2.96. The van der Waals surface area contributed by atoms with Gasteiger partial charge in [-0.2, -0.15) is 0 Å². The van der Waals surface area contributed by atoms with Crippen LogP contribution in [0.4, 0.5) is 0 Å². The Hall–Kier alpha value is -0.800. The highest BCUT2D eigenvalue weighted by molar-refractivity contribution is 5.06. The highest BCUT2D eigenvalue weighted by Gasteiger charge is 2.31. The minimum absolute atomic E-state index is 0.251. The summed E-state index contributed by atoms with van der Waals surface area (Å²) in [5, 5.41) is 0. The van der Waals surface area contributed by atoms with Crippen molar-refractivity contribution in [1.29, 1.82) is 0 Å². The number of piperidine rings is 1. The Morgan fingerprint density at radius 2 is 2.06 bits per heavy atom. The van der Waals surface area contributed by atoms with Crippen LogP contribution in [0, 0.1) is 11.3 Å². The van der Waals surface area contributed by atoms with E-state index in [0.717, 1.165) is 24.8 Å². The van der Waals surface area contributed by atoms with Crippen LogP contribution in [0.25, 0.3) is 0 Å². The number of nitrogens with two attached hydrogens (primary N) is 1. The van der Waals surface area contributed by atoms with Crippen molar-refractivity contribution in [1.82, 2.24) is 4.90 Å². The quantitative estimate of drug-likeness (QED) is 0.896. The second kappa shape index (κ2) is 5.45. The van der Waals surface area contributed by atoms with Crippen molar-refractivity contribution < 1.29 is 4.42 Å². The number of hydrogen-bond donors (Lipinski definition) is 1. The molecule has 2 N–H and O–H groups in total. The number of furan rings is 1. The molecule has 1 aliphatic rings. The number of hydrogen-bond acceptors (Lipinski definition) is 3. The molecule has 0 spiro atoms. The van der Waals surface area contributed by atoms with E-state index in [1.54, 1.807) is 6.26 Å². The zero-order valence-electron chi connectivity index (χ0n) is 11.9. The normalized spacial score (nSPS) is 21.1. The van der Waals surface area contributed by atoms with E-state index in [1.165, 1.54) is 12.8 Å². The molecule has 2 heterocycles. The number of nitrogens with zero attached hydrogens (tertiary/aromatic N) is 1. The first-order chi connectivity index (χ1) is 8.52. The van der Waals surface area contributed by atoms with E-state index in [9.17, 15) is 0 Å². The first-order valence-corrected chi connectivity index (χ1v) is 7.00. The van der Waals surface area contributed by atoms with Gasteiger partial charge in [-0.1, -0.05) is 20.8 Å². The Kier molecular flexibility index (Phi) is 4.13. The fourth-order valence-electron chi connectivity index (χ4n) is 3.00. The van der Waals surface area contributed by atoms with Crippen LogP contribution in [0.2, 0.25) is 0 Å². The van der Waals surface area contributed by atoms with E-state index in [1.807, 2.05) is 12.1 Å². The van der Waals surface area contributed by atoms with Crippen LogP contribution in [0.15, 0.2) is 22.8 Å². The van der Waals surface area contributed by atoms with Gasteiger partial charge in [-0.3, -0.25) is 4.90 Å². The van der Waals surface area contributed by atoms with Crippen molar-refractivity contribution in [3.05, 3.63) is 24.2 Å². The summed E-state index contributed by atoms with van der Waals surface area (Å²) < 4.78 is 5.51. The molecule has 1 fully saturated rings. The maximum absolute atomic E-state index is 5.91. The van der Waals surface area contributed by atoms with Crippen molar-refractivity contribution in [2.75, 3.05) is 19.6 Å². The molecule has 102 valence electrons. The number of likely N-dealkylation sites (tertiary alicyclic amines) is 1. The minimum atomic E-state index is 0.251. The highest BCUT2D eigenvalue weighted by Crippen LogP contribution is 2.36. The maximum atomic E-state index is 5.91. The first kappa shape index (κ1) is 13.6. The van der Waals surface area contributed by atoms with Crippen LogP contribution in [0.3, 0.4) is 0 Å². The highest BCUT2D eigenvalue weighted by atomic mass is 16.3. The average molecular weight is 250 g/mol. The van der Waals surface area contributed by atoms with Gasteiger partial charge in [0.1, 0.15) is 5.76 Å². The number of rotatable bonds is 3. The van der Waals surface area contributed by atoms with Gasteiger partial charge in [0.2, 0.25) is 0 Å². The van der Waals surface area contributed by atoms with Crippen molar-refractivity contribution in [3.8, 4) is 0 Å². The summed E-state index contributed by atoms with van der Waals surface area (Å²) >= 11 is 0. The van der Waals surface area contributed by atoms with Gasteiger partial charge in [0.05, 0.1) is 12.3 Å². The predicted molar refractivity (Wildman–Crippen MR) is 74.3 cm³/mol. The van der Waals surface area contributed by atoms with Gasteiger partial charge in [-0.25, -0.2) is 0 Å². The fraction of sp³-hybridized carbons (Fsp3) is 0.733. The lowest BCUT2D eigenvalue weighted by Gasteiger charge is -2.41. The standard InChI is InChI=1S/C15H26N2O/c1-15(2,3)12-6-8-17(9-7-12)13(11-16)14-5-4-10-18-14/h4-5,10,12-13H,6-9,11,16H2,1-3H3. The maximum Gasteiger partial charge on any atom is 0.122 e. The van der Waals surface area contributed by atoms with E-state index in [2.05, 4.69) is 25.7 Å². The smallest absolute Gasteiger partial charge is 0.122 e. The summed E-state index contributed by atoms with van der Waals surface area (Å²) in [5.41, 5.74) is 6.34. The lowest BCUT2D eigenvalue weighted by molar-refractivity contribution is 0.0773. The Morgan fingerprint density at radius 1 is 1.39 bits per heavy atom. The molecule has 3 heteroatoms. The van der Waals surface area contributed by atoms with Gasteiger partial charge in [0, 0.05) is 6.54 Å². The third-order valence-corrected chi connectivity index (χ3v) is 4.29. The third-order valence-electron chi connectivity index (χ3n) is 4.29. The Balaban J connectivity index is 1.96. The lowest BCUT2D eigenvalue weighted by Crippen LogP contribution is -2.42. The Bertz CT molecular complexity index is 345. The summed E-state index contributed by atoms with van der Waals surface area (Å²) in [6.45, 7) is 9.93. The van der Waals surface area contributed by atoms with Gasteiger partial charge in [0.15, 0.2) is 0 Å². The van der Waals surface area contributed by atoms with Crippen molar-refractivity contribution >= 4 is 0 Å². The van der Waals surface area contributed by atoms with E-state index < -0.39 is 0 Å². The topological polar surface area (TPSA) is 42.4 Å². The summed E-state index contributed by atoms with van der Waals surface area (Å²) in [6, 6.07) is 4.23. The van der Waals surface area contributed by atoms with Gasteiger partial charge in [-0.15, -0.1) is 0 Å². The van der Waals surface area contributed by atoms with Crippen LogP contribution >= 0.6 is 0 Å². The molecule has 1 aromatic heterocycles. The summed E-state index contributed by atoms with van der Waals surface area (Å²) in [5.74, 6) is 1.83. The van der Waals surface area contributed by atoms with Gasteiger partial charge in [-0.05, 0) is 49.4 Å². The molecule has 18 heavy (non-hydrogen) atoms. The van der Waals surface area contributed by atoms with Gasteiger partial charge >= 0.3 is 0 Å². The van der Waals surface area contributed by atoms with Gasteiger partial charge in [0.25, 0.3) is 0 Å². The molecule has 3 nitrogen and oxygen atoms in total. The zero-order valence-corrected chi connectivity index (χ0v) is 11.9. The molecule has 1 aliphatic heterocycles. The molecule has 2 rings (SSSR count). The van der Waals surface area contributed by atoms with Crippen LogP contribution in [0.5, 0.6) is 0 Å². The molecule has 1 aromatic rings. The molecule has 0 bridgehead atoms. The summed E-state index contributed by atoms with van der Waals surface area (Å²) in [4.78, 5) is 2.47. The van der Waals surface area contributed by atoms with Crippen LogP contribution in [-0.4, -0.2) is 24.5 Å². The second-order valence-corrected chi connectivity index (χ2v) is 6.44. The SMILES string of the molecule is CC(C)(C)C1CCN(C(CN)c2ccco2)CC1. The van der Waals surface area contributed by atoms with Gasteiger partial charge < -0.3 is 10.2 Å². The average Bonchev–Trinajstić information content (AvgIpc) is 2.83. The molecular formula is C15H26N2O. The molecule has 0 radical (unpaired) electrons. The van der Waals surface area contributed by atoms with Crippen molar-refractivity contribution in [3.63, 3.8) is 0 Å². The van der Waals surface area contributed by atoms with Crippen molar-refractivity contribution in [2.45, 2.75) is 39.7 Å². The van der Waals surface area contributed by atoms with E-state index in [0.29, 0.717) is 12.0 Å². The molecule has 0 saturated carbocycles. The van der Waals surface area contributed by atoms with E-state index in [-0.39, 0.29) is 6.04 Å². The molecule has 0 amide bonds. The summed E-state index contributed by atoms with van der Waals surface area (Å²) in [7, 11) is 0.